The SMILES string of the molecule is CCc1nn(C)c2c1[nH]c(=S)n2C(C)C(=O)OC. The van der Waals surface area contributed by atoms with Gasteiger partial charge in [0.2, 0.25) is 0 Å². The number of aryl methyl sites for hydroxylation is 2. The first-order chi connectivity index (χ1) is 8.51. The number of fused-ring (bicyclic) bond motifs is 1. The van der Waals surface area contributed by atoms with E-state index in [0.717, 1.165) is 23.3 Å². The number of aromatic amines is 1. The van der Waals surface area contributed by atoms with Crippen LogP contribution >= 0.6 is 12.2 Å². The molecule has 0 aliphatic rings. The van der Waals surface area contributed by atoms with E-state index in [-0.39, 0.29) is 5.97 Å². The molecule has 0 saturated carbocycles. The van der Waals surface area contributed by atoms with E-state index in [0.29, 0.717) is 4.77 Å². The van der Waals surface area contributed by atoms with Gasteiger partial charge < -0.3 is 9.72 Å². The highest BCUT2D eigenvalue weighted by Crippen LogP contribution is 2.22. The molecule has 2 rings (SSSR count). The van der Waals surface area contributed by atoms with Crippen LogP contribution in [-0.4, -0.2) is 32.4 Å². The Kier molecular flexibility index (Phi) is 3.25. The molecule has 2 aromatic heterocycles. The fourth-order valence-corrected chi connectivity index (χ4v) is 2.47. The third-order valence-corrected chi connectivity index (χ3v) is 3.33. The summed E-state index contributed by atoms with van der Waals surface area (Å²) in [6.07, 6.45) is 0.805. The van der Waals surface area contributed by atoms with Crippen molar-refractivity contribution in [3.05, 3.63) is 10.5 Å². The average molecular weight is 268 g/mol. The minimum absolute atomic E-state index is 0.328. The molecule has 1 atom stereocenters. The highest BCUT2D eigenvalue weighted by atomic mass is 32.1. The Hall–Kier alpha value is -1.63. The Bertz CT molecular complexity index is 652. The number of methoxy groups -OCH3 is 1. The van der Waals surface area contributed by atoms with Crippen molar-refractivity contribution >= 4 is 29.4 Å². The van der Waals surface area contributed by atoms with Crippen LogP contribution in [0.25, 0.3) is 11.2 Å². The molecule has 1 N–H and O–H groups in total. The summed E-state index contributed by atoms with van der Waals surface area (Å²) in [6.45, 7) is 3.78. The van der Waals surface area contributed by atoms with Gasteiger partial charge in [-0.15, -0.1) is 0 Å². The standard InChI is InChI=1S/C11H16N4O2S/c1-5-7-8-9(14(3)13-7)15(11(18)12-8)6(2)10(16)17-4/h6H,5H2,1-4H3,(H,12,18). The molecular weight excluding hydrogens is 252 g/mol. The number of imidazole rings is 1. The van der Waals surface area contributed by atoms with Gasteiger partial charge in [-0.2, -0.15) is 5.10 Å². The maximum Gasteiger partial charge on any atom is 0.328 e. The van der Waals surface area contributed by atoms with Crippen LogP contribution in [0.3, 0.4) is 0 Å². The zero-order chi connectivity index (χ0) is 13.4. The predicted molar refractivity (Wildman–Crippen MR) is 70.0 cm³/mol. The van der Waals surface area contributed by atoms with Crippen LogP contribution in [0.2, 0.25) is 0 Å². The van der Waals surface area contributed by atoms with Crippen molar-refractivity contribution in [3.8, 4) is 0 Å². The molecule has 6 nitrogen and oxygen atoms in total. The predicted octanol–water partition coefficient (Wildman–Crippen LogP) is 1.73. The second-order valence-corrected chi connectivity index (χ2v) is 4.51. The van der Waals surface area contributed by atoms with Crippen LogP contribution in [0, 0.1) is 4.77 Å². The molecular formula is C11H16N4O2S. The fraction of sp³-hybridized carbons (Fsp3) is 0.545. The third kappa shape index (κ3) is 1.74. The minimum Gasteiger partial charge on any atom is -0.467 e. The van der Waals surface area contributed by atoms with Gasteiger partial charge in [-0.05, 0) is 25.6 Å². The van der Waals surface area contributed by atoms with Gasteiger partial charge in [-0.3, -0.25) is 9.25 Å². The number of carbonyl (C=O) groups is 1. The fourth-order valence-electron chi connectivity index (χ4n) is 2.12. The van der Waals surface area contributed by atoms with Crippen LogP contribution in [0.4, 0.5) is 0 Å². The number of hydrogen-bond donors (Lipinski definition) is 1. The van der Waals surface area contributed by atoms with Crippen LogP contribution in [-0.2, 0) is 23.0 Å². The van der Waals surface area contributed by atoms with Crippen molar-refractivity contribution in [2.24, 2.45) is 7.05 Å². The van der Waals surface area contributed by atoms with Crippen LogP contribution in [0.1, 0.15) is 25.6 Å². The lowest BCUT2D eigenvalue weighted by Crippen LogP contribution is -2.19. The summed E-state index contributed by atoms with van der Waals surface area (Å²) in [5.74, 6) is -0.328. The zero-order valence-electron chi connectivity index (χ0n) is 10.9. The van der Waals surface area contributed by atoms with Gasteiger partial charge in [0.05, 0.1) is 12.8 Å². The Morgan fingerprint density at radius 1 is 1.61 bits per heavy atom. The quantitative estimate of drug-likeness (QED) is 0.680. The van der Waals surface area contributed by atoms with Crippen LogP contribution in [0.15, 0.2) is 0 Å². The molecule has 18 heavy (non-hydrogen) atoms. The summed E-state index contributed by atoms with van der Waals surface area (Å²) in [5.41, 5.74) is 2.64. The van der Waals surface area contributed by atoms with Gasteiger partial charge in [0.1, 0.15) is 11.6 Å². The van der Waals surface area contributed by atoms with Gasteiger partial charge in [0.25, 0.3) is 0 Å². The van der Waals surface area contributed by atoms with Crippen molar-refractivity contribution < 1.29 is 9.53 Å². The second-order valence-electron chi connectivity index (χ2n) is 4.12. The molecule has 0 aromatic carbocycles. The molecule has 0 bridgehead atoms. The summed E-state index contributed by atoms with van der Waals surface area (Å²) in [5, 5.41) is 4.40. The van der Waals surface area contributed by atoms with Crippen molar-refractivity contribution in [2.45, 2.75) is 26.3 Å². The highest BCUT2D eigenvalue weighted by molar-refractivity contribution is 7.71. The van der Waals surface area contributed by atoms with Crippen molar-refractivity contribution in [2.75, 3.05) is 7.11 Å². The van der Waals surface area contributed by atoms with E-state index in [4.69, 9.17) is 17.0 Å². The molecule has 0 spiro atoms. The highest BCUT2D eigenvalue weighted by Gasteiger charge is 2.22. The lowest BCUT2D eigenvalue weighted by molar-refractivity contribution is -0.143. The first kappa shape index (κ1) is 12.8. The number of nitrogens with one attached hydrogen (secondary N) is 1. The average Bonchev–Trinajstić information content (AvgIpc) is 2.84. The molecule has 0 radical (unpaired) electrons. The summed E-state index contributed by atoms with van der Waals surface area (Å²) in [6, 6.07) is -0.476. The molecule has 0 aliphatic carbocycles. The Morgan fingerprint density at radius 3 is 2.83 bits per heavy atom. The number of hydrogen-bond acceptors (Lipinski definition) is 4. The van der Waals surface area contributed by atoms with Crippen molar-refractivity contribution in [1.82, 2.24) is 19.3 Å². The second kappa shape index (κ2) is 4.56. The van der Waals surface area contributed by atoms with E-state index in [9.17, 15) is 4.79 Å². The normalized spacial score (nSPS) is 12.9. The Balaban J connectivity index is 2.71. The Labute approximate surface area is 110 Å². The summed E-state index contributed by atoms with van der Waals surface area (Å²) < 4.78 is 8.74. The van der Waals surface area contributed by atoms with Crippen LogP contribution < -0.4 is 0 Å². The topological polar surface area (TPSA) is 64.8 Å². The van der Waals surface area contributed by atoms with E-state index < -0.39 is 6.04 Å². The molecule has 1 unspecified atom stereocenters. The number of H-pyrrole nitrogens is 1. The Morgan fingerprint density at radius 2 is 2.28 bits per heavy atom. The van der Waals surface area contributed by atoms with Gasteiger partial charge >= 0.3 is 5.97 Å². The lowest BCUT2D eigenvalue weighted by atomic mass is 10.3. The lowest BCUT2D eigenvalue weighted by Gasteiger charge is -2.11. The smallest absolute Gasteiger partial charge is 0.328 e. The van der Waals surface area contributed by atoms with E-state index in [1.54, 1.807) is 16.2 Å². The number of nitrogens with zero attached hydrogens (tertiary/aromatic N) is 3. The molecule has 2 heterocycles. The summed E-state index contributed by atoms with van der Waals surface area (Å²) in [4.78, 5) is 14.8. The van der Waals surface area contributed by atoms with Crippen LogP contribution in [0.5, 0.6) is 0 Å². The number of esters is 1. The first-order valence-corrected chi connectivity index (χ1v) is 6.16. The number of ether oxygens (including phenoxy) is 1. The zero-order valence-corrected chi connectivity index (χ0v) is 11.7. The number of aromatic nitrogens is 4. The van der Waals surface area contributed by atoms with Gasteiger partial charge in [-0.1, -0.05) is 6.92 Å². The van der Waals surface area contributed by atoms with E-state index in [2.05, 4.69) is 10.1 Å². The minimum atomic E-state index is -0.476. The molecule has 7 heteroatoms. The van der Waals surface area contributed by atoms with Crippen molar-refractivity contribution in [3.63, 3.8) is 0 Å². The summed E-state index contributed by atoms with van der Waals surface area (Å²) in [7, 11) is 3.21. The van der Waals surface area contributed by atoms with E-state index in [1.807, 2.05) is 14.0 Å². The molecule has 98 valence electrons. The molecule has 0 aliphatic heterocycles. The van der Waals surface area contributed by atoms with Gasteiger partial charge in [0, 0.05) is 7.05 Å². The monoisotopic (exact) mass is 268 g/mol. The molecule has 0 fully saturated rings. The number of rotatable bonds is 3. The van der Waals surface area contributed by atoms with Crippen molar-refractivity contribution in [1.29, 1.82) is 0 Å². The molecule has 2 aromatic rings. The third-order valence-electron chi connectivity index (χ3n) is 3.03. The maximum absolute atomic E-state index is 11.7. The van der Waals surface area contributed by atoms with Gasteiger partial charge in [-0.25, -0.2) is 4.79 Å². The maximum atomic E-state index is 11.7. The van der Waals surface area contributed by atoms with E-state index >= 15 is 0 Å². The first-order valence-electron chi connectivity index (χ1n) is 5.75. The molecule has 0 amide bonds. The number of carbonyl (C=O) groups excluding carboxylic acids is 1. The largest absolute Gasteiger partial charge is 0.467 e. The summed E-state index contributed by atoms with van der Waals surface area (Å²) >= 11 is 5.28. The molecule has 0 saturated heterocycles. The van der Waals surface area contributed by atoms with E-state index in [1.165, 1.54) is 7.11 Å². The van der Waals surface area contributed by atoms with Gasteiger partial charge in [0.15, 0.2) is 10.4 Å².